The molecule has 0 aromatic rings. The van der Waals surface area contributed by atoms with E-state index in [4.69, 9.17) is 0 Å². The van der Waals surface area contributed by atoms with Crippen LogP contribution in [0.15, 0.2) is 0 Å². The highest BCUT2D eigenvalue weighted by Gasteiger charge is 2.50. The molecule has 3 aliphatic rings. The van der Waals surface area contributed by atoms with Crippen molar-refractivity contribution in [2.75, 3.05) is 19.3 Å². The summed E-state index contributed by atoms with van der Waals surface area (Å²) in [6.07, 6.45) is 12.0. The quantitative estimate of drug-likeness (QED) is 0.834. The highest BCUT2D eigenvalue weighted by Crippen LogP contribution is 2.44. The van der Waals surface area contributed by atoms with E-state index < -0.39 is 0 Å². The Morgan fingerprint density at radius 1 is 1.24 bits per heavy atom. The van der Waals surface area contributed by atoms with Crippen LogP contribution in [-0.2, 0) is 4.79 Å². The first-order valence-electron chi connectivity index (χ1n) is 8.29. The van der Waals surface area contributed by atoms with Crippen LogP contribution >= 0.6 is 24.2 Å². The van der Waals surface area contributed by atoms with Crippen molar-refractivity contribution in [1.29, 1.82) is 0 Å². The number of hydrogen-bond acceptors (Lipinski definition) is 3. The molecule has 4 atom stereocenters. The lowest BCUT2D eigenvalue weighted by atomic mass is 9.67. The maximum absolute atomic E-state index is 12.9. The van der Waals surface area contributed by atoms with Crippen molar-refractivity contribution in [2.45, 2.75) is 62.7 Å². The molecule has 1 amide bonds. The van der Waals surface area contributed by atoms with Crippen molar-refractivity contribution in [3.63, 3.8) is 0 Å². The zero-order valence-corrected chi connectivity index (χ0v) is 14.7. The number of thioether (sulfide) groups is 1. The number of nitrogens with one attached hydrogen (secondary N) is 2. The lowest BCUT2D eigenvalue weighted by molar-refractivity contribution is -0.135. The minimum Gasteiger partial charge on any atom is -0.353 e. The van der Waals surface area contributed by atoms with Gasteiger partial charge in [0.1, 0.15) is 0 Å². The average molecular weight is 333 g/mol. The van der Waals surface area contributed by atoms with Crippen LogP contribution in [0.2, 0.25) is 0 Å². The van der Waals surface area contributed by atoms with Gasteiger partial charge in [-0.1, -0.05) is 19.3 Å². The van der Waals surface area contributed by atoms with Gasteiger partial charge in [0, 0.05) is 17.8 Å². The largest absolute Gasteiger partial charge is 0.353 e. The molecular weight excluding hydrogens is 304 g/mol. The average Bonchev–Trinajstić information content (AvgIpc) is 2.92. The topological polar surface area (TPSA) is 41.1 Å². The van der Waals surface area contributed by atoms with E-state index in [0.29, 0.717) is 17.9 Å². The lowest BCUT2D eigenvalue weighted by Gasteiger charge is -2.39. The van der Waals surface area contributed by atoms with Gasteiger partial charge < -0.3 is 10.6 Å². The van der Waals surface area contributed by atoms with Gasteiger partial charge >= 0.3 is 0 Å². The Morgan fingerprint density at radius 2 is 2.10 bits per heavy atom. The van der Waals surface area contributed by atoms with Gasteiger partial charge in [0.15, 0.2) is 0 Å². The molecule has 2 N–H and O–H groups in total. The predicted molar refractivity (Wildman–Crippen MR) is 92.2 cm³/mol. The van der Waals surface area contributed by atoms with Crippen molar-refractivity contribution in [1.82, 2.24) is 10.6 Å². The van der Waals surface area contributed by atoms with E-state index in [-0.39, 0.29) is 17.8 Å². The smallest absolute Gasteiger partial charge is 0.228 e. The molecule has 2 saturated carbocycles. The molecule has 0 aromatic carbocycles. The highest BCUT2D eigenvalue weighted by atomic mass is 35.5. The van der Waals surface area contributed by atoms with E-state index in [1.807, 2.05) is 11.8 Å². The molecule has 21 heavy (non-hydrogen) atoms. The molecule has 0 aromatic heterocycles. The van der Waals surface area contributed by atoms with Crippen LogP contribution in [0.3, 0.4) is 0 Å². The third kappa shape index (κ3) is 3.53. The zero-order valence-electron chi connectivity index (χ0n) is 13.0. The minimum absolute atomic E-state index is 0. The number of amides is 1. The summed E-state index contributed by atoms with van der Waals surface area (Å²) in [4.78, 5) is 12.9. The van der Waals surface area contributed by atoms with Gasteiger partial charge in [0.25, 0.3) is 0 Å². The number of rotatable bonds is 3. The van der Waals surface area contributed by atoms with Crippen molar-refractivity contribution >= 4 is 30.1 Å². The van der Waals surface area contributed by atoms with Crippen LogP contribution in [0, 0.1) is 11.3 Å². The van der Waals surface area contributed by atoms with Crippen LogP contribution in [-0.4, -0.2) is 36.5 Å². The molecule has 1 aliphatic heterocycles. The monoisotopic (exact) mass is 332 g/mol. The number of carbonyl (C=O) groups is 1. The minimum atomic E-state index is -0.0788. The summed E-state index contributed by atoms with van der Waals surface area (Å²) < 4.78 is 0. The molecule has 0 spiro atoms. The maximum atomic E-state index is 12.9. The van der Waals surface area contributed by atoms with Gasteiger partial charge in [-0.2, -0.15) is 11.8 Å². The molecule has 2 unspecified atom stereocenters. The lowest BCUT2D eigenvalue weighted by Crippen LogP contribution is -2.51. The third-order valence-corrected chi connectivity index (χ3v) is 6.88. The molecule has 3 nitrogen and oxygen atoms in total. The second-order valence-electron chi connectivity index (χ2n) is 6.92. The Hall–Kier alpha value is 0.0700. The van der Waals surface area contributed by atoms with Crippen LogP contribution in [0.5, 0.6) is 0 Å². The molecule has 0 radical (unpaired) electrons. The summed E-state index contributed by atoms with van der Waals surface area (Å²) in [5.41, 5.74) is -0.0788. The second kappa shape index (κ2) is 7.56. The first-order chi connectivity index (χ1) is 9.74. The fourth-order valence-electron chi connectivity index (χ4n) is 4.51. The van der Waals surface area contributed by atoms with Crippen molar-refractivity contribution in [2.24, 2.45) is 11.3 Å². The van der Waals surface area contributed by atoms with E-state index in [9.17, 15) is 4.79 Å². The summed E-state index contributed by atoms with van der Waals surface area (Å²) in [5.74, 6) is 0.940. The summed E-state index contributed by atoms with van der Waals surface area (Å²) in [6.45, 7) is 1.95. The van der Waals surface area contributed by atoms with Crippen LogP contribution < -0.4 is 10.6 Å². The van der Waals surface area contributed by atoms with Gasteiger partial charge in [-0.15, -0.1) is 12.4 Å². The summed E-state index contributed by atoms with van der Waals surface area (Å²) in [5, 5.41) is 7.65. The van der Waals surface area contributed by atoms with E-state index in [0.717, 1.165) is 24.8 Å². The fourth-order valence-corrected chi connectivity index (χ4v) is 5.34. The molecule has 3 rings (SSSR count). The molecule has 2 aliphatic carbocycles. The number of halogens is 1. The van der Waals surface area contributed by atoms with Crippen LogP contribution in [0.4, 0.5) is 0 Å². The molecule has 3 fully saturated rings. The third-order valence-electron chi connectivity index (χ3n) is 5.78. The van der Waals surface area contributed by atoms with Gasteiger partial charge in [0.2, 0.25) is 5.91 Å². The van der Waals surface area contributed by atoms with E-state index in [1.54, 1.807) is 0 Å². The molecule has 5 heteroatoms. The van der Waals surface area contributed by atoms with Crippen molar-refractivity contribution < 1.29 is 4.79 Å². The Morgan fingerprint density at radius 3 is 2.90 bits per heavy atom. The van der Waals surface area contributed by atoms with Gasteiger partial charge in [-0.3, -0.25) is 4.79 Å². The van der Waals surface area contributed by atoms with Crippen LogP contribution in [0.25, 0.3) is 0 Å². The predicted octanol–water partition coefficient (Wildman–Crippen LogP) is 2.98. The van der Waals surface area contributed by atoms with E-state index in [2.05, 4.69) is 16.9 Å². The zero-order chi connectivity index (χ0) is 14.0. The summed E-state index contributed by atoms with van der Waals surface area (Å²) in [7, 11) is 0. The van der Waals surface area contributed by atoms with Gasteiger partial charge in [0.05, 0.1) is 5.41 Å². The number of carbonyl (C=O) groups excluding carboxylic acids is 1. The SMILES string of the molecule is CSC1CCCC(NC(=O)[C@@]23CCCC[C@H]2CNC3)C1.Cl. The molecule has 1 saturated heterocycles. The van der Waals surface area contributed by atoms with Crippen molar-refractivity contribution in [3.8, 4) is 0 Å². The van der Waals surface area contributed by atoms with Crippen molar-refractivity contribution in [3.05, 3.63) is 0 Å². The Labute approximate surface area is 139 Å². The summed E-state index contributed by atoms with van der Waals surface area (Å²) in [6, 6.07) is 0.422. The molecular formula is C16H29ClN2OS. The standard InChI is InChI=1S/C16H28N2OS.ClH/c1-20-14-7-4-6-13(9-14)18-15(19)16-8-3-2-5-12(16)10-17-11-16;/h12-14,17H,2-11H2,1H3,(H,18,19);1H/t12-,13?,14?,16+;/m0./s1. The van der Waals surface area contributed by atoms with Crippen LogP contribution in [0.1, 0.15) is 51.4 Å². The first-order valence-corrected chi connectivity index (χ1v) is 9.58. The highest BCUT2D eigenvalue weighted by molar-refractivity contribution is 7.99. The normalized spacial score (nSPS) is 39.2. The van der Waals surface area contributed by atoms with Gasteiger partial charge in [-0.05, 0) is 50.8 Å². The molecule has 1 heterocycles. The fraction of sp³-hybridized carbons (Fsp3) is 0.938. The first kappa shape index (κ1) is 17.4. The Bertz CT molecular complexity index is 368. The van der Waals surface area contributed by atoms with E-state index in [1.165, 1.54) is 44.9 Å². The van der Waals surface area contributed by atoms with Gasteiger partial charge in [-0.25, -0.2) is 0 Å². The number of fused-ring (bicyclic) bond motifs is 1. The molecule has 122 valence electrons. The Kier molecular flexibility index (Phi) is 6.27. The Balaban J connectivity index is 0.00000161. The van der Waals surface area contributed by atoms with E-state index >= 15 is 0 Å². The summed E-state index contributed by atoms with van der Waals surface area (Å²) >= 11 is 1.97. The molecule has 0 bridgehead atoms. The second-order valence-corrected chi connectivity index (χ2v) is 8.06. The maximum Gasteiger partial charge on any atom is 0.228 e. The number of hydrogen-bond donors (Lipinski definition) is 2.